The van der Waals surface area contributed by atoms with Gasteiger partial charge in [0.1, 0.15) is 5.75 Å². The average Bonchev–Trinajstić information content (AvgIpc) is 2.76. The molecular formula is C24H30N2O4. The molecule has 0 spiro atoms. The predicted octanol–water partition coefficient (Wildman–Crippen LogP) is 4.24. The fourth-order valence-electron chi connectivity index (χ4n) is 3.43. The molecule has 1 aliphatic rings. The third-order valence-corrected chi connectivity index (χ3v) is 5.14. The molecule has 0 aliphatic carbocycles. The third-order valence-electron chi connectivity index (χ3n) is 5.14. The van der Waals surface area contributed by atoms with E-state index in [1.54, 1.807) is 0 Å². The van der Waals surface area contributed by atoms with Gasteiger partial charge >= 0.3 is 5.97 Å². The summed E-state index contributed by atoms with van der Waals surface area (Å²) < 4.78 is 10.7. The fourth-order valence-corrected chi connectivity index (χ4v) is 3.43. The lowest BCUT2D eigenvalue weighted by Crippen LogP contribution is -2.29. The first-order valence-corrected chi connectivity index (χ1v) is 10.5. The summed E-state index contributed by atoms with van der Waals surface area (Å²) in [4.78, 5) is 26.3. The molecule has 1 saturated heterocycles. The largest absolute Gasteiger partial charge is 0.493 e. The molecule has 1 amide bonds. The molecule has 2 aromatic rings. The number of carbonyl (C=O) groups is 2. The Morgan fingerprint density at radius 1 is 1.00 bits per heavy atom. The highest BCUT2D eigenvalue weighted by Gasteiger charge is 2.12. The van der Waals surface area contributed by atoms with Gasteiger partial charge in [-0.3, -0.25) is 9.59 Å². The van der Waals surface area contributed by atoms with E-state index in [1.165, 1.54) is 24.9 Å². The fraction of sp³-hybridized carbons (Fsp3) is 0.417. The van der Waals surface area contributed by atoms with Crippen LogP contribution in [-0.4, -0.2) is 38.2 Å². The lowest BCUT2D eigenvalue weighted by molar-refractivity contribution is -0.147. The molecule has 160 valence electrons. The Balaban J connectivity index is 1.36. The van der Waals surface area contributed by atoms with Gasteiger partial charge in [-0.05, 0) is 74.6 Å². The summed E-state index contributed by atoms with van der Waals surface area (Å²) in [7, 11) is 0. The summed E-state index contributed by atoms with van der Waals surface area (Å²) in [5, 5.41) is 2.76. The molecule has 1 heterocycles. The monoisotopic (exact) mass is 410 g/mol. The molecule has 30 heavy (non-hydrogen) atoms. The number of rotatable bonds is 8. The minimum Gasteiger partial charge on any atom is -0.493 e. The first kappa shape index (κ1) is 21.7. The van der Waals surface area contributed by atoms with Gasteiger partial charge in [0, 0.05) is 24.5 Å². The Hall–Kier alpha value is -3.02. The average molecular weight is 411 g/mol. The van der Waals surface area contributed by atoms with Crippen molar-refractivity contribution in [3.8, 4) is 5.75 Å². The maximum atomic E-state index is 12.1. The minimum absolute atomic E-state index is 0.0885. The molecular weight excluding hydrogens is 380 g/mol. The van der Waals surface area contributed by atoms with Crippen molar-refractivity contribution in [2.24, 2.45) is 0 Å². The van der Waals surface area contributed by atoms with E-state index in [1.807, 2.05) is 56.3 Å². The second-order valence-electron chi connectivity index (χ2n) is 7.67. The van der Waals surface area contributed by atoms with Gasteiger partial charge in [0.25, 0.3) is 5.91 Å². The first-order valence-electron chi connectivity index (χ1n) is 10.5. The van der Waals surface area contributed by atoms with Crippen LogP contribution in [0.1, 0.15) is 36.8 Å². The SMILES string of the molecule is Cc1ccc(C)c(OCCC(=O)OCC(=O)Nc2ccc(N3CCCCC3)cc2)c1. The number of nitrogens with one attached hydrogen (secondary N) is 1. The van der Waals surface area contributed by atoms with Crippen LogP contribution in [0, 0.1) is 13.8 Å². The maximum absolute atomic E-state index is 12.1. The number of piperidine rings is 1. The van der Waals surface area contributed by atoms with Gasteiger partial charge in [0.2, 0.25) is 0 Å². The van der Waals surface area contributed by atoms with Gasteiger partial charge in [-0.15, -0.1) is 0 Å². The molecule has 0 atom stereocenters. The van der Waals surface area contributed by atoms with Gasteiger partial charge in [0.05, 0.1) is 13.0 Å². The summed E-state index contributed by atoms with van der Waals surface area (Å²) in [6.45, 7) is 6.00. The van der Waals surface area contributed by atoms with Crippen LogP contribution >= 0.6 is 0 Å². The first-order chi connectivity index (χ1) is 14.5. The smallest absolute Gasteiger partial charge is 0.309 e. The van der Waals surface area contributed by atoms with Crippen molar-refractivity contribution < 1.29 is 19.1 Å². The molecule has 1 fully saturated rings. The number of carbonyl (C=O) groups excluding carboxylic acids is 2. The van der Waals surface area contributed by atoms with Gasteiger partial charge in [-0.1, -0.05) is 12.1 Å². The molecule has 0 radical (unpaired) electrons. The number of hydrogen-bond donors (Lipinski definition) is 1. The predicted molar refractivity (Wildman–Crippen MR) is 118 cm³/mol. The highest BCUT2D eigenvalue weighted by Crippen LogP contribution is 2.22. The van der Waals surface area contributed by atoms with E-state index < -0.39 is 5.97 Å². The Kier molecular flexibility index (Phi) is 7.71. The van der Waals surface area contributed by atoms with Crippen molar-refractivity contribution in [3.05, 3.63) is 53.6 Å². The van der Waals surface area contributed by atoms with Crippen LogP contribution in [0.15, 0.2) is 42.5 Å². The highest BCUT2D eigenvalue weighted by molar-refractivity contribution is 5.92. The molecule has 1 aliphatic heterocycles. The molecule has 0 aromatic heterocycles. The zero-order valence-electron chi connectivity index (χ0n) is 17.8. The summed E-state index contributed by atoms with van der Waals surface area (Å²) in [6.07, 6.45) is 3.82. The third kappa shape index (κ3) is 6.51. The molecule has 2 aromatic carbocycles. The van der Waals surface area contributed by atoms with Crippen LogP contribution in [0.4, 0.5) is 11.4 Å². The van der Waals surface area contributed by atoms with Crippen molar-refractivity contribution in [1.82, 2.24) is 0 Å². The van der Waals surface area contributed by atoms with Crippen molar-refractivity contribution in [1.29, 1.82) is 0 Å². The van der Waals surface area contributed by atoms with Gasteiger partial charge < -0.3 is 19.7 Å². The van der Waals surface area contributed by atoms with Crippen molar-refractivity contribution in [2.45, 2.75) is 39.5 Å². The van der Waals surface area contributed by atoms with Crippen LogP contribution in [-0.2, 0) is 14.3 Å². The molecule has 0 bridgehead atoms. The number of aryl methyl sites for hydroxylation is 2. The summed E-state index contributed by atoms with van der Waals surface area (Å²) >= 11 is 0. The summed E-state index contributed by atoms with van der Waals surface area (Å²) in [6, 6.07) is 13.7. The number of hydrogen-bond acceptors (Lipinski definition) is 5. The molecule has 1 N–H and O–H groups in total. The second-order valence-corrected chi connectivity index (χ2v) is 7.67. The van der Waals surface area contributed by atoms with Crippen molar-refractivity contribution in [2.75, 3.05) is 36.5 Å². The Bertz CT molecular complexity index is 858. The van der Waals surface area contributed by atoms with Crippen molar-refractivity contribution in [3.63, 3.8) is 0 Å². The molecule has 6 heteroatoms. The number of anilines is 2. The van der Waals surface area contributed by atoms with E-state index in [-0.39, 0.29) is 25.5 Å². The zero-order chi connectivity index (χ0) is 21.3. The maximum Gasteiger partial charge on any atom is 0.309 e. The van der Waals surface area contributed by atoms with E-state index in [0.717, 1.165) is 30.0 Å². The number of nitrogens with zero attached hydrogens (tertiary/aromatic N) is 1. The number of esters is 1. The van der Waals surface area contributed by atoms with E-state index in [0.29, 0.717) is 5.69 Å². The van der Waals surface area contributed by atoms with E-state index in [2.05, 4.69) is 10.2 Å². The van der Waals surface area contributed by atoms with Crippen LogP contribution in [0.5, 0.6) is 5.75 Å². The van der Waals surface area contributed by atoms with Crippen molar-refractivity contribution >= 4 is 23.3 Å². The Labute approximate surface area is 178 Å². The molecule has 6 nitrogen and oxygen atoms in total. The minimum atomic E-state index is -0.462. The molecule has 3 rings (SSSR count). The number of amides is 1. The normalized spacial score (nSPS) is 13.6. The lowest BCUT2D eigenvalue weighted by Gasteiger charge is -2.28. The molecule has 0 unspecified atom stereocenters. The van der Waals surface area contributed by atoms with Crippen LogP contribution in [0.3, 0.4) is 0 Å². The number of benzene rings is 2. The highest BCUT2D eigenvalue weighted by atomic mass is 16.5. The van der Waals surface area contributed by atoms with Crippen LogP contribution < -0.4 is 15.0 Å². The van der Waals surface area contributed by atoms with Gasteiger partial charge in [-0.2, -0.15) is 0 Å². The van der Waals surface area contributed by atoms with E-state index >= 15 is 0 Å². The molecule has 0 saturated carbocycles. The van der Waals surface area contributed by atoms with E-state index in [4.69, 9.17) is 9.47 Å². The van der Waals surface area contributed by atoms with E-state index in [9.17, 15) is 9.59 Å². The quantitative estimate of drug-likeness (QED) is 0.659. The topological polar surface area (TPSA) is 67.9 Å². The van der Waals surface area contributed by atoms with Crippen LogP contribution in [0.2, 0.25) is 0 Å². The Morgan fingerprint density at radius 2 is 1.73 bits per heavy atom. The number of ether oxygens (including phenoxy) is 2. The zero-order valence-corrected chi connectivity index (χ0v) is 17.8. The second kappa shape index (κ2) is 10.7. The standard InChI is InChI=1S/C24H30N2O4/c1-18-6-7-19(2)22(16-18)29-15-12-24(28)30-17-23(27)25-20-8-10-21(11-9-20)26-13-4-3-5-14-26/h6-11,16H,3-5,12-15,17H2,1-2H3,(H,25,27). The van der Waals surface area contributed by atoms with Gasteiger partial charge in [0.15, 0.2) is 6.61 Å². The van der Waals surface area contributed by atoms with Gasteiger partial charge in [-0.25, -0.2) is 0 Å². The summed E-state index contributed by atoms with van der Waals surface area (Å²) in [5.41, 5.74) is 3.97. The lowest BCUT2D eigenvalue weighted by atomic mass is 10.1. The summed E-state index contributed by atoms with van der Waals surface area (Å²) in [5.74, 6) is -0.0611. The Morgan fingerprint density at radius 3 is 2.47 bits per heavy atom. The van der Waals surface area contributed by atoms with Crippen LogP contribution in [0.25, 0.3) is 0 Å².